The van der Waals surface area contributed by atoms with E-state index in [0.717, 1.165) is 19.3 Å². The van der Waals surface area contributed by atoms with Crippen molar-refractivity contribution in [2.75, 3.05) is 0 Å². The molecule has 52 valence electrons. The number of hydrogen-bond donors (Lipinski definition) is 3. The average Bonchev–Trinajstić information content (AvgIpc) is 1.83. The molecule has 5 N–H and O–H groups in total. The Morgan fingerprint density at radius 1 is 1.22 bits per heavy atom. The zero-order valence-corrected chi connectivity index (χ0v) is 5.43. The van der Waals surface area contributed by atoms with Gasteiger partial charge in [0.25, 0.3) is 0 Å². The summed E-state index contributed by atoms with van der Waals surface area (Å²) < 4.78 is 0. The molecule has 9 heavy (non-hydrogen) atoms. The molecule has 0 saturated heterocycles. The predicted molar refractivity (Wildman–Crippen MR) is 37.5 cm³/mol. The smallest absolute Gasteiger partial charge is 0.0439 e. The Morgan fingerprint density at radius 3 is 2.00 bits per heavy atom. The van der Waals surface area contributed by atoms with Gasteiger partial charge in [0.15, 0.2) is 0 Å². The van der Waals surface area contributed by atoms with Crippen LogP contribution in [0.1, 0.15) is 19.3 Å². The average molecular weight is 127 g/mol. The first kappa shape index (κ1) is 6.71. The van der Waals surface area contributed by atoms with Crippen LogP contribution in [0.15, 0.2) is 0 Å². The molecule has 0 aromatic rings. The van der Waals surface area contributed by atoms with Gasteiger partial charge in [0.2, 0.25) is 0 Å². The predicted octanol–water partition coefficient (Wildman–Crippen LogP) is -0.155. The summed E-state index contributed by atoms with van der Waals surface area (Å²) >= 11 is 0. The molecule has 1 saturated carbocycles. The molecule has 1 aliphatic rings. The highest BCUT2D eigenvalue weighted by atomic mass is 14.8. The second-order valence-corrected chi connectivity index (χ2v) is 2.60. The van der Waals surface area contributed by atoms with Gasteiger partial charge in [-0.05, 0) is 19.3 Å². The minimum atomic E-state index is -0.0613. The molecule has 1 rings (SSSR count). The summed E-state index contributed by atoms with van der Waals surface area (Å²) in [5, 5.41) is 7.35. The van der Waals surface area contributed by atoms with Gasteiger partial charge in [-0.1, -0.05) is 0 Å². The fourth-order valence-corrected chi connectivity index (χ4v) is 1.14. The Kier molecular flexibility index (Phi) is 1.83. The monoisotopic (exact) mass is 127 g/mol. The van der Waals surface area contributed by atoms with Crippen LogP contribution in [0.5, 0.6) is 0 Å². The molecule has 0 bridgehead atoms. The van der Waals surface area contributed by atoms with Gasteiger partial charge >= 0.3 is 0 Å². The Bertz CT molecular complexity index is 109. The van der Waals surface area contributed by atoms with E-state index in [1.807, 2.05) is 0 Å². The molecule has 3 heteroatoms. The molecule has 0 radical (unpaired) electrons. The Morgan fingerprint density at radius 2 is 1.67 bits per heavy atom. The third-order valence-electron chi connectivity index (χ3n) is 1.83. The molecule has 1 aliphatic carbocycles. The van der Waals surface area contributed by atoms with Crippen LogP contribution < -0.4 is 11.5 Å². The lowest BCUT2D eigenvalue weighted by Crippen LogP contribution is -2.46. The SMILES string of the molecule is N=C1C(N)CCCC1N. The first-order valence-electron chi connectivity index (χ1n) is 3.31. The number of rotatable bonds is 0. The van der Waals surface area contributed by atoms with Crippen molar-refractivity contribution < 1.29 is 0 Å². The lowest BCUT2D eigenvalue weighted by atomic mass is 9.90. The second-order valence-electron chi connectivity index (χ2n) is 2.60. The molecule has 0 spiro atoms. The molecule has 0 aromatic carbocycles. The van der Waals surface area contributed by atoms with Crippen molar-refractivity contribution in [1.82, 2.24) is 0 Å². The van der Waals surface area contributed by atoms with E-state index in [4.69, 9.17) is 16.9 Å². The number of nitrogens with two attached hydrogens (primary N) is 2. The fraction of sp³-hybridized carbons (Fsp3) is 0.833. The molecule has 3 nitrogen and oxygen atoms in total. The van der Waals surface area contributed by atoms with Gasteiger partial charge in [-0.3, -0.25) is 0 Å². The van der Waals surface area contributed by atoms with Gasteiger partial charge in [0, 0.05) is 17.8 Å². The third kappa shape index (κ3) is 1.28. The van der Waals surface area contributed by atoms with Crippen molar-refractivity contribution in [2.45, 2.75) is 31.3 Å². The summed E-state index contributed by atoms with van der Waals surface area (Å²) in [5.41, 5.74) is 11.7. The molecule has 0 aliphatic heterocycles. The van der Waals surface area contributed by atoms with Crippen molar-refractivity contribution in [2.24, 2.45) is 11.5 Å². The van der Waals surface area contributed by atoms with Gasteiger partial charge in [0.05, 0.1) is 0 Å². The highest BCUT2D eigenvalue weighted by Gasteiger charge is 2.21. The summed E-state index contributed by atoms with van der Waals surface area (Å²) in [6.07, 6.45) is 2.95. The maximum absolute atomic E-state index is 7.35. The summed E-state index contributed by atoms with van der Waals surface area (Å²) in [7, 11) is 0. The van der Waals surface area contributed by atoms with Crippen LogP contribution in [0.2, 0.25) is 0 Å². The largest absolute Gasteiger partial charge is 0.323 e. The minimum Gasteiger partial charge on any atom is -0.323 e. The third-order valence-corrected chi connectivity index (χ3v) is 1.83. The van der Waals surface area contributed by atoms with Crippen LogP contribution in [0, 0.1) is 5.41 Å². The van der Waals surface area contributed by atoms with Crippen LogP contribution in [-0.4, -0.2) is 17.8 Å². The quantitative estimate of drug-likeness (QED) is 0.423. The van der Waals surface area contributed by atoms with Gasteiger partial charge in [-0.25, -0.2) is 0 Å². The molecular formula is C6H13N3. The second kappa shape index (κ2) is 2.45. The van der Waals surface area contributed by atoms with Crippen molar-refractivity contribution >= 4 is 5.71 Å². The van der Waals surface area contributed by atoms with Crippen LogP contribution in [-0.2, 0) is 0 Å². The molecule has 2 unspecified atom stereocenters. The van der Waals surface area contributed by atoms with Gasteiger partial charge < -0.3 is 16.9 Å². The Balaban J connectivity index is 2.52. The first-order chi connectivity index (χ1) is 4.22. The van der Waals surface area contributed by atoms with E-state index >= 15 is 0 Å². The maximum Gasteiger partial charge on any atom is 0.0439 e. The van der Waals surface area contributed by atoms with E-state index in [2.05, 4.69) is 0 Å². The van der Waals surface area contributed by atoms with Crippen molar-refractivity contribution in [3.63, 3.8) is 0 Å². The van der Waals surface area contributed by atoms with Crippen molar-refractivity contribution in [3.8, 4) is 0 Å². The lowest BCUT2D eigenvalue weighted by molar-refractivity contribution is 0.559. The Hall–Kier alpha value is -0.410. The van der Waals surface area contributed by atoms with Gasteiger partial charge in [-0.2, -0.15) is 0 Å². The summed E-state index contributed by atoms with van der Waals surface area (Å²) in [6, 6.07) is -0.123. The summed E-state index contributed by atoms with van der Waals surface area (Å²) in [6.45, 7) is 0. The summed E-state index contributed by atoms with van der Waals surface area (Å²) in [5.74, 6) is 0. The number of nitrogens with one attached hydrogen (secondary N) is 1. The summed E-state index contributed by atoms with van der Waals surface area (Å²) in [4.78, 5) is 0. The highest BCUT2D eigenvalue weighted by molar-refractivity contribution is 5.91. The molecule has 0 aromatic heterocycles. The van der Waals surface area contributed by atoms with Crippen LogP contribution in [0.25, 0.3) is 0 Å². The van der Waals surface area contributed by atoms with E-state index in [-0.39, 0.29) is 12.1 Å². The van der Waals surface area contributed by atoms with Crippen molar-refractivity contribution in [1.29, 1.82) is 5.41 Å². The zero-order chi connectivity index (χ0) is 6.85. The molecule has 2 atom stereocenters. The highest BCUT2D eigenvalue weighted by Crippen LogP contribution is 2.11. The molecule has 0 amide bonds. The maximum atomic E-state index is 7.35. The van der Waals surface area contributed by atoms with Crippen LogP contribution in [0.3, 0.4) is 0 Å². The van der Waals surface area contributed by atoms with E-state index in [9.17, 15) is 0 Å². The Labute approximate surface area is 54.9 Å². The minimum absolute atomic E-state index is 0.0613. The molecule has 0 heterocycles. The van der Waals surface area contributed by atoms with E-state index in [1.54, 1.807) is 0 Å². The molecular weight excluding hydrogens is 114 g/mol. The van der Waals surface area contributed by atoms with Gasteiger partial charge in [0.1, 0.15) is 0 Å². The van der Waals surface area contributed by atoms with E-state index in [0.29, 0.717) is 5.71 Å². The number of hydrogen-bond acceptors (Lipinski definition) is 3. The van der Waals surface area contributed by atoms with E-state index in [1.165, 1.54) is 0 Å². The molecule has 1 fully saturated rings. The zero-order valence-electron chi connectivity index (χ0n) is 5.43. The first-order valence-corrected chi connectivity index (χ1v) is 3.31. The standard InChI is InChI=1S/C6H13N3/c7-4-2-1-3-5(8)6(4)9/h4-5,9H,1-3,7-8H2. The lowest BCUT2D eigenvalue weighted by Gasteiger charge is -2.24. The van der Waals surface area contributed by atoms with Gasteiger partial charge in [-0.15, -0.1) is 0 Å². The van der Waals surface area contributed by atoms with Crippen molar-refractivity contribution in [3.05, 3.63) is 0 Å². The van der Waals surface area contributed by atoms with E-state index < -0.39 is 0 Å². The fourth-order valence-electron chi connectivity index (χ4n) is 1.14. The van der Waals surface area contributed by atoms with Crippen LogP contribution >= 0.6 is 0 Å². The topological polar surface area (TPSA) is 75.9 Å². The van der Waals surface area contributed by atoms with Crippen LogP contribution in [0.4, 0.5) is 0 Å². The normalized spacial score (nSPS) is 36.9.